The van der Waals surface area contributed by atoms with Crippen molar-refractivity contribution in [3.05, 3.63) is 35.9 Å². The maximum absolute atomic E-state index is 10.6. The van der Waals surface area contributed by atoms with Crippen LogP contribution in [0, 0.1) is 0 Å². The Morgan fingerprint density at radius 3 is 2.07 bits per heavy atom. The van der Waals surface area contributed by atoms with Gasteiger partial charge in [0.1, 0.15) is 42.7 Å². The molecule has 2 fully saturated rings. The van der Waals surface area contributed by atoms with Gasteiger partial charge in [-0.05, 0) is 5.56 Å². The fourth-order valence-electron chi connectivity index (χ4n) is 3.63. The number of ether oxygens (including phenoxy) is 3. The van der Waals surface area contributed by atoms with E-state index in [2.05, 4.69) is 5.32 Å². The molecule has 2 aliphatic heterocycles. The van der Waals surface area contributed by atoms with Gasteiger partial charge in [-0.3, -0.25) is 0 Å². The van der Waals surface area contributed by atoms with Gasteiger partial charge in [0, 0.05) is 6.54 Å². The summed E-state index contributed by atoms with van der Waals surface area (Å²) in [5, 5.41) is 72.9. The first kappa shape index (κ1) is 23.4. The molecule has 0 aromatic heterocycles. The van der Waals surface area contributed by atoms with Gasteiger partial charge in [0.25, 0.3) is 0 Å². The largest absolute Gasteiger partial charge is 0.394 e. The van der Waals surface area contributed by atoms with Crippen molar-refractivity contribution < 1.29 is 50.0 Å². The summed E-state index contributed by atoms with van der Waals surface area (Å²) in [6.07, 6.45) is -12.9. The minimum absolute atomic E-state index is 0.289. The third-order valence-electron chi connectivity index (χ3n) is 5.40. The number of nitrogens with one attached hydrogen (secondary N) is 1. The Kier molecular flexibility index (Phi) is 8.12. The number of hydrogen-bond acceptors (Lipinski definition) is 11. The maximum Gasteiger partial charge on any atom is 0.187 e. The molecule has 0 radical (unpaired) electrons. The second kappa shape index (κ2) is 10.4. The molecule has 0 saturated carbocycles. The lowest BCUT2D eigenvalue weighted by Crippen LogP contribution is -2.67. The lowest BCUT2D eigenvalue weighted by Gasteiger charge is -2.46. The molecule has 30 heavy (non-hydrogen) atoms. The Hall–Kier alpha value is -1.22. The van der Waals surface area contributed by atoms with Gasteiger partial charge in [-0.2, -0.15) is 0 Å². The Labute approximate surface area is 173 Å². The van der Waals surface area contributed by atoms with Crippen molar-refractivity contribution in [1.29, 1.82) is 0 Å². The third kappa shape index (κ3) is 4.98. The number of hydrogen-bond donors (Lipinski definition) is 8. The van der Waals surface area contributed by atoms with Crippen molar-refractivity contribution >= 4 is 0 Å². The van der Waals surface area contributed by atoms with Gasteiger partial charge in [0.15, 0.2) is 12.6 Å². The molecular weight excluding hydrogens is 402 g/mol. The standard InChI is InChI=1S/C19H29NO10/c21-7-10-13(23)15(25)16(26)19(29-10)30-17-12(18(27)28-11(8-22)14(17)24)20-6-9-4-2-1-3-5-9/h1-5,10-27H,6-8H2/t10-,11-,12-,13-,14-,15+,16-,17-,18+,19-/m1/s1. The molecule has 11 heteroatoms. The number of aliphatic hydroxyl groups is 7. The highest BCUT2D eigenvalue weighted by molar-refractivity contribution is 5.14. The first-order chi connectivity index (χ1) is 14.4. The molecule has 3 rings (SSSR count). The molecule has 2 saturated heterocycles. The van der Waals surface area contributed by atoms with Gasteiger partial charge in [-0.1, -0.05) is 30.3 Å². The maximum atomic E-state index is 10.6. The average molecular weight is 431 g/mol. The Balaban J connectivity index is 1.77. The first-order valence-electron chi connectivity index (χ1n) is 9.73. The van der Waals surface area contributed by atoms with Gasteiger partial charge in [-0.15, -0.1) is 0 Å². The van der Waals surface area contributed by atoms with E-state index in [4.69, 9.17) is 14.2 Å². The molecule has 0 spiro atoms. The fourth-order valence-corrected chi connectivity index (χ4v) is 3.63. The normalized spacial score (nSPS) is 42.2. The summed E-state index contributed by atoms with van der Waals surface area (Å²) >= 11 is 0. The van der Waals surface area contributed by atoms with Crippen molar-refractivity contribution in [3.8, 4) is 0 Å². The fraction of sp³-hybridized carbons (Fsp3) is 0.684. The van der Waals surface area contributed by atoms with Gasteiger partial charge >= 0.3 is 0 Å². The number of aliphatic hydroxyl groups excluding tert-OH is 7. The van der Waals surface area contributed by atoms with E-state index in [1.807, 2.05) is 30.3 Å². The molecule has 2 heterocycles. The van der Waals surface area contributed by atoms with Crippen LogP contribution >= 0.6 is 0 Å². The highest BCUT2D eigenvalue weighted by Gasteiger charge is 2.50. The van der Waals surface area contributed by atoms with Crippen LogP contribution in [0.4, 0.5) is 0 Å². The summed E-state index contributed by atoms with van der Waals surface area (Å²) in [5.74, 6) is 0. The summed E-state index contributed by atoms with van der Waals surface area (Å²) < 4.78 is 16.3. The summed E-state index contributed by atoms with van der Waals surface area (Å²) in [7, 11) is 0. The molecule has 0 aliphatic carbocycles. The molecule has 10 atom stereocenters. The van der Waals surface area contributed by atoms with Crippen LogP contribution in [0.25, 0.3) is 0 Å². The molecule has 2 aliphatic rings. The molecule has 8 N–H and O–H groups in total. The van der Waals surface area contributed by atoms with Crippen molar-refractivity contribution in [2.45, 2.75) is 67.9 Å². The van der Waals surface area contributed by atoms with Gasteiger partial charge in [0.2, 0.25) is 0 Å². The first-order valence-corrected chi connectivity index (χ1v) is 9.73. The van der Waals surface area contributed by atoms with E-state index < -0.39 is 74.6 Å². The minimum atomic E-state index is -1.68. The zero-order valence-corrected chi connectivity index (χ0v) is 16.1. The summed E-state index contributed by atoms with van der Waals surface area (Å²) in [4.78, 5) is 0. The van der Waals surface area contributed by atoms with Crippen LogP contribution in [-0.2, 0) is 20.8 Å². The van der Waals surface area contributed by atoms with Gasteiger partial charge in [0.05, 0.1) is 19.3 Å². The molecule has 1 aromatic carbocycles. The Morgan fingerprint density at radius 2 is 1.43 bits per heavy atom. The highest BCUT2D eigenvalue weighted by atomic mass is 16.7. The lowest BCUT2D eigenvalue weighted by molar-refractivity contribution is -0.342. The lowest BCUT2D eigenvalue weighted by atomic mass is 9.95. The average Bonchev–Trinajstić information content (AvgIpc) is 2.76. The van der Waals surface area contributed by atoms with Crippen molar-refractivity contribution in [2.75, 3.05) is 13.2 Å². The van der Waals surface area contributed by atoms with Crippen molar-refractivity contribution in [1.82, 2.24) is 5.32 Å². The molecule has 170 valence electrons. The highest BCUT2D eigenvalue weighted by Crippen LogP contribution is 2.28. The summed E-state index contributed by atoms with van der Waals surface area (Å²) in [6, 6.07) is 8.23. The summed E-state index contributed by atoms with van der Waals surface area (Å²) in [5.41, 5.74) is 0.884. The van der Waals surface area contributed by atoms with E-state index in [-0.39, 0.29) is 6.54 Å². The van der Waals surface area contributed by atoms with Crippen LogP contribution in [0.15, 0.2) is 30.3 Å². The van der Waals surface area contributed by atoms with E-state index in [1.54, 1.807) is 0 Å². The molecule has 1 aromatic rings. The molecule has 0 amide bonds. The van der Waals surface area contributed by atoms with Crippen molar-refractivity contribution in [3.63, 3.8) is 0 Å². The zero-order chi connectivity index (χ0) is 21.8. The summed E-state index contributed by atoms with van der Waals surface area (Å²) in [6.45, 7) is -0.951. The molecule has 0 unspecified atom stereocenters. The number of rotatable bonds is 7. The van der Waals surface area contributed by atoms with Crippen LogP contribution in [0.2, 0.25) is 0 Å². The molecule has 0 bridgehead atoms. The van der Waals surface area contributed by atoms with E-state index in [1.165, 1.54) is 0 Å². The van der Waals surface area contributed by atoms with E-state index in [0.29, 0.717) is 0 Å². The smallest absolute Gasteiger partial charge is 0.187 e. The quantitative estimate of drug-likeness (QED) is 0.214. The molecule has 11 nitrogen and oxygen atoms in total. The monoisotopic (exact) mass is 431 g/mol. The van der Waals surface area contributed by atoms with Crippen LogP contribution in [0.5, 0.6) is 0 Å². The second-order valence-corrected chi connectivity index (χ2v) is 7.43. The Morgan fingerprint density at radius 1 is 0.800 bits per heavy atom. The predicted octanol–water partition coefficient (Wildman–Crippen LogP) is -3.60. The van der Waals surface area contributed by atoms with Crippen LogP contribution in [-0.4, -0.2) is 110 Å². The van der Waals surface area contributed by atoms with Crippen molar-refractivity contribution in [2.24, 2.45) is 0 Å². The molecular formula is C19H29NO10. The topological polar surface area (TPSA) is 181 Å². The van der Waals surface area contributed by atoms with E-state index >= 15 is 0 Å². The van der Waals surface area contributed by atoms with Gasteiger partial charge in [-0.25, -0.2) is 0 Å². The SMILES string of the molecule is OC[C@H]1O[C@H](O[C@H]2[C@H](O)[C@@H](CO)O[C@H](O)[C@@H]2NCc2ccccc2)[C@H](O)[C@@H](O)[C@@H]1O. The van der Waals surface area contributed by atoms with Crippen LogP contribution in [0.3, 0.4) is 0 Å². The predicted molar refractivity (Wildman–Crippen MR) is 99.7 cm³/mol. The van der Waals surface area contributed by atoms with E-state index in [0.717, 1.165) is 5.56 Å². The zero-order valence-electron chi connectivity index (χ0n) is 16.1. The third-order valence-corrected chi connectivity index (χ3v) is 5.40. The van der Waals surface area contributed by atoms with Gasteiger partial charge < -0.3 is 55.3 Å². The van der Waals surface area contributed by atoms with E-state index in [9.17, 15) is 35.7 Å². The number of benzene rings is 1. The van der Waals surface area contributed by atoms with Crippen LogP contribution in [0.1, 0.15) is 5.56 Å². The second-order valence-electron chi connectivity index (χ2n) is 7.43. The van der Waals surface area contributed by atoms with Crippen LogP contribution < -0.4 is 5.32 Å². The minimum Gasteiger partial charge on any atom is -0.394 e. The Bertz CT molecular complexity index is 649.